The van der Waals surface area contributed by atoms with Gasteiger partial charge in [-0.3, -0.25) is 0 Å². The van der Waals surface area contributed by atoms with Gasteiger partial charge in [0.15, 0.2) is 5.52 Å². The molecule has 3 rings (SSSR count). The van der Waals surface area contributed by atoms with Gasteiger partial charge in [-0.1, -0.05) is 16.6 Å². The molecule has 26 heavy (non-hydrogen) atoms. The number of nitrogens with zero attached hydrogens (tertiary/aromatic N) is 2. The highest BCUT2D eigenvalue weighted by Crippen LogP contribution is 2.31. The number of hydrogen-bond donors (Lipinski definition) is 1. The smallest absolute Gasteiger partial charge is 0.238 e. The van der Waals surface area contributed by atoms with Crippen molar-refractivity contribution in [2.24, 2.45) is 0 Å². The average molecular weight is 378 g/mol. The van der Waals surface area contributed by atoms with Gasteiger partial charge in [-0.25, -0.2) is 9.55 Å². The molecule has 0 amide bonds. The molecular weight excluding hydrogens is 359 g/mol. The first-order chi connectivity index (χ1) is 12.3. The Bertz CT molecular complexity index is 970. The van der Waals surface area contributed by atoms with Gasteiger partial charge in [0.25, 0.3) is 0 Å². The van der Waals surface area contributed by atoms with E-state index in [-0.39, 0.29) is 0 Å². The Hall–Kier alpha value is -2.28. The quantitative estimate of drug-likeness (QED) is 0.623. The van der Waals surface area contributed by atoms with Crippen LogP contribution < -0.4 is 4.57 Å². The van der Waals surface area contributed by atoms with Gasteiger partial charge in [0.1, 0.15) is 5.52 Å². The topological polar surface area (TPSA) is 32.6 Å². The van der Waals surface area contributed by atoms with Crippen molar-refractivity contribution < 1.29 is 17.7 Å². The summed E-state index contributed by atoms with van der Waals surface area (Å²) in [6.07, 6.45) is -2.50. The number of nitrogens with one attached hydrogen (secondary N) is 1. The molecule has 136 valence electrons. The second kappa shape index (κ2) is 7.15. The van der Waals surface area contributed by atoms with E-state index in [9.17, 15) is 13.2 Å². The van der Waals surface area contributed by atoms with Gasteiger partial charge in [0.2, 0.25) is 0 Å². The monoisotopic (exact) mass is 378 g/mol. The van der Waals surface area contributed by atoms with Crippen LogP contribution in [-0.2, 0) is 11.9 Å². The lowest BCUT2D eigenvalue weighted by atomic mass is 10.2. The minimum absolute atomic E-state index is 0.367. The number of thioether (sulfide) groups is 1. The summed E-state index contributed by atoms with van der Waals surface area (Å²) in [7, 11) is 0. The molecule has 7 heteroatoms. The molecular formula is C19H19F3N3S+. The van der Waals surface area contributed by atoms with Crippen molar-refractivity contribution in [3.63, 3.8) is 0 Å². The number of allylic oxidation sites excluding steroid dienone is 1. The molecule has 0 saturated carbocycles. The number of aryl methyl sites for hydroxylation is 1. The van der Waals surface area contributed by atoms with Crippen molar-refractivity contribution in [2.75, 3.05) is 0 Å². The van der Waals surface area contributed by atoms with Crippen LogP contribution in [0.4, 0.5) is 13.2 Å². The highest BCUT2D eigenvalue weighted by molar-refractivity contribution is 8.01. The lowest BCUT2D eigenvalue weighted by Gasteiger charge is -2.07. The lowest BCUT2D eigenvalue weighted by Crippen LogP contribution is -2.37. The van der Waals surface area contributed by atoms with Crippen LogP contribution in [0.1, 0.15) is 30.7 Å². The lowest BCUT2D eigenvalue weighted by molar-refractivity contribution is -0.610. The molecule has 0 aliphatic carbocycles. The molecule has 3 aromatic rings. The second-order valence-electron chi connectivity index (χ2n) is 6.30. The molecule has 0 aliphatic rings. The van der Waals surface area contributed by atoms with Gasteiger partial charge >= 0.3 is 12.1 Å². The number of rotatable bonds is 4. The Morgan fingerprint density at radius 3 is 2.73 bits per heavy atom. The van der Waals surface area contributed by atoms with Gasteiger partial charge < -0.3 is 0 Å². The number of imidazole rings is 1. The van der Waals surface area contributed by atoms with Crippen LogP contribution in [0.5, 0.6) is 0 Å². The van der Waals surface area contributed by atoms with E-state index in [0.29, 0.717) is 17.0 Å². The number of H-pyrrole nitrogens is 1. The third kappa shape index (κ3) is 3.93. The summed E-state index contributed by atoms with van der Waals surface area (Å²) >= 11 is 1.68. The molecule has 0 fully saturated rings. The molecule has 0 atom stereocenters. The minimum Gasteiger partial charge on any atom is -0.238 e. The first-order valence-corrected chi connectivity index (χ1v) is 9.13. The Labute approximate surface area is 154 Å². The first kappa shape index (κ1) is 18.5. The molecule has 0 bridgehead atoms. The number of benzene rings is 1. The standard InChI is InChI=1S/C19H19F3N3S/c1-12(2)10-26-11-17-13(3)5-4-8-25(17)18-23-15-7-6-14(19(20,21)22)9-16(15)24-18/h4-10H,11H2,1-3H3,(H,23,24)/q+1. The summed E-state index contributed by atoms with van der Waals surface area (Å²) in [5.74, 6) is 1.25. The first-order valence-electron chi connectivity index (χ1n) is 8.08. The molecule has 3 nitrogen and oxygen atoms in total. The van der Waals surface area contributed by atoms with Gasteiger partial charge in [-0.2, -0.15) is 13.2 Å². The maximum Gasteiger partial charge on any atom is 0.416 e. The van der Waals surface area contributed by atoms with Crippen LogP contribution >= 0.6 is 11.8 Å². The zero-order chi connectivity index (χ0) is 18.9. The van der Waals surface area contributed by atoms with Crippen molar-refractivity contribution in [1.29, 1.82) is 0 Å². The van der Waals surface area contributed by atoms with Crippen molar-refractivity contribution in [2.45, 2.75) is 32.7 Å². The molecule has 0 radical (unpaired) electrons. The fourth-order valence-electron chi connectivity index (χ4n) is 2.61. The van der Waals surface area contributed by atoms with E-state index in [4.69, 9.17) is 0 Å². The Morgan fingerprint density at radius 2 is 2.04 bits per heavy atom. The molecule has 0 unspecified atom stereocenters. The summed E-state index contributed by atoms with van der Waals surface area (Å²) in [6.45, 7) is 6.09. The van der Waals surface area contributed by atoms with Crippen molar-refractivity contribution >= 4 is 22.8 Å². The summed E-state index contributed by atoms with van der Waals surface area (Å²) in [5.41, 5.74) is 3.55. The summed E-state index contributed by atoms with van der Waals surface area (Å²) in [6, 6.07) is 7.46. The van der Waals surface area contributed by atoms with Crippen LogP contribution in [-0.4, -0.2) is 9.97 Å². The SMILES string of the molecule is CC(C)=CSCc1c(C)ccc[n+]1-c1nc2ccc(C(F)(F)F)cc2[nH]1. The second-order valence-corrected chi connectivity index (χ2v) is 7.16. The normalized spacial score (nSPS) is 11.8. The van der Waals surface area contributed by atoms with E-state index < -0.39 is 11.7 Å². The van der Waals surface area contributed by atoms with E-state index in [2.05, 4.69) is 15.4 Å². The number of alkyl halides is 3. The van der Waals surface area contributed by atoms with Crippen molar-refractivity contribution in [3.05, 3.63) is 64.3 Å². The van der Waals surface area contributed by atoms with Crippen LogP contribution in [0.15, 0.2) is 47.5 Å². The summed E-state index contributed by atoms with van der Waals surface area (Å²) in [4.78, 5) is 7.48. The van der Waals surface area contributed by atoms with Gasteiger partial charge in [0, 0.05) is 0 Å². The number of hydrogen-bond acceptors (Lipinski definition) is 2. The Balaban J connectivity index is 2.03. The van der Waals surface area contributed by atoms with Crippen LogP contribution in [0.3, 0.4) is 0 Å². The predicted octanol–water partition coefficient (Wildman–Crippen LogP) is 5.32. The fourth-order valence-corrected chi connectivity index (χ4v) is 3.55. The van der Waals surface area contributed by atoms with E-state index >= 15 is 0 Å². The third-order valence-electron chi connectivity index (χ3n) is 3.89. The highest BCUT2D eigenvalue weighted by Gasteiger charge is 2.31. The molecule has 0 aliphatic heterocycles. The van der Waals surface area contributed by atoms with E-state index in [0.717, 1.165) is 29.1 Å². The molecule has 1 aromatic carbocycles. The van der Waals surface area contributed by atoms with Crippen molar-refractivity contribution in [1.82, 2.24) is 9.97 Å². The summed E-state index contributed by atoms with van der Waals surface area (Å²) < 4.78 is 40.7. The Morgan fingerprint density at radius 1 is 1.27 bits per heavy atom. The molecule has 0 saturated heterocycles. The van der Waals surface area contributed by atoms with Gasteiger partial charge in [-0.15, -0.1) is 11.8 Å². The van der Waals surface area contributed by atoms with E-state index in [1.54, 1.807) is 11.8 Å². The van der Waals surface area contributed by atoms with Crippen molar-refractivity contribution in [3.8, 4) is 5.95 Å². The Kier molecular flexibility index (Phi) is 5.09. The summed E-state index contributed by atoms with van der Waals surface area (Å²) in [5, 5.41) is 2.09. The fraction of sp³-hybridized carbons (Fsp3) is 0.263. The van der Waals surface area contributed by atoms with Gasteiger partial charge in [0.05, 0.1) is 23.2 Å². The van der Waals surface area contributed by atoms with Crippen LogP contribution in [0, 0.1) is 6.92 Å². The molecule has 1 N–H and O–H groups in total. The number of pyridine rings is 1. The maximum atomic E-state index is 12.9. The molecule has 2 heterocycles. The van der Waals surface area contributed by atoms with E-state index in [1.165, 1.54) is 11.6 Å². The maximum absolute atomic E-state index is 12.9. The number of fused-ring (bicyclic) bond motifs is 1. The predicted molar refractivity (Wildman–Crippen MR) is 98.1 cm³/mol. The number of aromatic amines is 1. The van der Waals surface area contributed by atoms with Gasteiger partial charge in [-0.05, 0) is 56.0 Å². The number of aromatic nitrogens is 3. The average Bonchev–Trinajstić information content (AvgIpc) is 2.98. The van der Waals surface area contributed by atoms with Crippen LogP contribution in [0.25, 0.3) is 17.0 Å². The van der Waals surface area contributed by atoms with Crippen LogP contribution in [0.2, 0.25) is 0 Å². The zero-order valence-electron chi connectivity index (χ0n) is 14.7. The largest absolute Gasteiger partial charge is 0.416 e. The van der Waals surface area contributed by atoms with E-state index in [1.807, 2.05) is 43.7 Å². The third-order valence-corrected chi connectivity index (χ3v) is 4.97. The molecule has 2 aromatic heterocycles. The minimum atomic E-state index is -4.37. The number of halogens is 3. The highest BCUT2D eigenvalue weighted by atomic mass is 32.2. The zero-order valence-corrected chi connectivity index (χ0v) is 15.5. The molecule has 0 spiro atoms.